The van der Waals surface area contributed by atoms with Gasteiger partial charge in [-0.15, -0.1) is 0 Å². The molecule has 1 heterocycles. The summed E-state index contributed by atoms with van der Waals surface area (Å²) in [5, 5.41) is 0.341. The summed E-state index contributed by atoms with van der Waals surface area (Å²) in [6.07, 6.45) is 1.84. The molecule has 152 valence electrons. The van der Waals surface area contributed by atoms with Crippen LogP contribution in [0.15, 0.2) is 48.5 Å². The maximum absolute atomic E-state index is 12.5. The molecule has 2 aromatic carbocycles. The molecule has 0 radical (unpaired) electrons. The Hall–Kier alpha value is -2.57. The van der Waals surface area contributed by atoms with Crippen molar-refractivity contribution >= 4 is 27.4 Å². The van der Waals surface area contributed by atoms with Gasteiger partial charge in [0.05, 0.1) is 12.9 Å². The third-order valence-corrected chi connectivity index (χ3v) is 5.86. The van der Waals surface area contributed by atoms with Gasteiger partial charge in [-0.1, -0.05) is 61.0 Å². The summed E-state index contributed by atoms with van der Waals surface area (Å²) in [6, 6.07) is 14.9. The van der Waals surface area contributed by atoms with Gasteiger partial charge in [-0.05, 0) is 34.7 Å². The Morgan fingerprint density at radius 2 is 1.79 bits per heavy atom. The van der Waals surface area contributed by atoms with Crippen LogP contribution in [-0.4, -0.2) is 32.7 Å². The highest BCUT2D eigenvalue weighted by atomic mass is 35.5. The van der Waals surface area contributed by atoms with E-state index in [0.29, 0.717) is 28.3 Å². The van der Waals surface area contributed by atoms with E-state index >= 15 is 0 Å². The smallest absolute Gasteiger partial charge is 0.355 e. The Morgan fingerprint density at radius 3 is 2.34 bits per heavy atom. The van der Waals surface area contributed by atoms with Crippen LogP contribution in [0.1, 0.15) is 28.5 Å². The van der Waals surface area contributed by atoms with Gasteiger partial charge in [0.25, 0.3) is 0 Å². The van der Waals surface area contributed by atoms with Crippen LogP contribution in [0.4, 0.5) is 0 Å². The van der Waals surface area contributed by atoms with Crippen molar-refractivity contribution < 1.29 is 17.9 Å². The van der Waals surface area contributed by atoms with E-state index in [4.69, 9.17) is 16.3 Å². The average Bonchev–Trinajstić information content (AvgIpc) is 3.08. The molecular formula is C22H22ClNO4S. The number of sulfone groups is 1. The third kappa shape index (κ3) is 4.54. The number of carbonyl (C=O) groups is 1. The molecule has 1 aromatic heterocycles. The number of nitrogens with one attached hydrogen (secondary N) is 1. The second kappa shape index (κ2) is 8.43. The number of carbonyl (C=O) groups excluding carboxylic acids is 1. The van der Waals surface area contributed by atoms with Crippen molar-refractivity contribution in [3.63, 3.8) is 0 Å². The molecule has 0 saturated heterocycles. The van der Waals surface area contributed by atoms with E-state index < -0.39 is 15.8 Å². The first kappa shape index (κ1) is 21.1. The molecule has 0 atom stereocenters. The van der Waals surface area contributed by atoms with E-state index in [1.165, 1.54) is 13.4 Å². The van der Waals surface area contributed by atoms with Crippen molar-refractivity contribution in [1.29, 1.82) is 0 Å². The number of benzene rings is 2. The lowest BCUT2D eigenvalue weighted by Crippen LogP contribution is -2.04. The van der Waals surface area contributed by atoms with Gasteiger partial charge in [-0.2, -0.15) is 0 Å². The summed E-state index contributed by atoms with van der Waals surface area (Å²) in [6.45, 7) is 2.01. The first-order chi connectivity index (χ1) is 13.7. The minimum atomic E-state index is -3.21. The van der Waals surface area contributed by atoms with Crippen LogP contribution in [0.2, 0.25) is 5.02 Å². The zero-order chi connectivity index (χ0) is 21.2. The molecule has 7 heteroatoms. The second-order valence-corrected chi connectivity index (χ2v) is 9.36. The van der Waals surface area contributed by atoms with Gasteiger partial charge < -0.3 is 9.72 Å². The van der Waals surface area contributed by atoms with Crippen LogP contribution >= 0.6 is 11.6 Å². The molecule has 0 spiro atoms. The predicted molar refractivity (Wildman–Crippen MR) is 116 cm³/mol. The standard InChI is InChI=1S/C22H22ClNO4S/c1-4-17-19(15-10-11-16(18(23)12-15)13-29(3,26)27)21(22(25)28-2)24-20(17)14-8-6-5-7-9-14/h5-12,24H,4,13H2,1-3H3. The lowest BCUT2D eigenvalue weighted by atomic mass is 9.95. The summed E-state index contributed by atoms with van der Waals surface area (Å²) >= 11 is 6.38. The fourth-order valence-electron chi connectivity index (χ4n) is 3.42. The number of methoxy groups -OCH3 is 1. The number of aromatic amines is 1. The molecule has 5 nitrogen and oxygen atoms in total. The molecule has 1 N–H and O–H groups in total. The first-order valence-corrected chi connectivity index (χ1v) is 11.5. The average molecular weight is 432 g/mol. The van der Waals surface area contributed by atoms with Gasteiger partial charge in [0, 0.05) is 22.5 Å². The lowest BCUT2D eigenvalue weighted by Gasteiger charge is -2.10. The van der Waals surface area contributed by atoms with Crippen molar-refractivity contribution in [2.24, 2.45) is 0 Å². The van der Waals surface area contributed by atoms with Gasteiger partial charge in [0.2, 0.25) is 0 Å². The van der Waals surface area contributed by atoms with E-state index in [9.17, 15) is 13.2 Å². The van der Waals surface area contributed by atoms with E-state index in [-0.39, 0.29) is 5.75 Å². The van der Waals surface area contributed by atoms with Gasteiger partial charge >= 0.3 is 5.97 Å². The summed E-state index contributed by atoms with van der Waals surface area (Å²) in [7, 11) is -1.88. The van der Waals surface area contributed by atoms with Crippen LogP contribution in [0.3, 0.4) is 0 Å². The van der Waals surface area contributed by atoms with Crippen molar-refractivity contribution in [2.75, 3.05) is 13.4 Å². The van der Waals surface area contributed by atoms with E-state index in [1.54, 1.807) is 18.2 Å². The molecule has 3 aromatic rings. The number of hydrogen-bond donors (Lipinski definition) is 1. The molecule has 3 rings (SSSR count). The lowest BCUT2D eigenvalue weighted by molar-refractivity contribution is 0.0596. The van der Waals surface area contributed by atoms with Crippen molar-refractivity contribution in [3.05, 3.63) is 70.4 Å². The van der Waals surface area contributed by atoms with Crippen LogP contribution in [0, 0.1) is 0 Å². The van der Waals surface area contributed by atoms with E-state index in [1.807, 2.05) is 37.3 Å². The van der Waals surface area contributed by atoms with Crippen LogP contribution in [0.25, 0.3) is 22.4 Å². The molecule has 0 fully saturated rings. The quantitative estimate of drug-likeness (QED) is 0.563. The van der Waals surface area contributed by atoms with Crippen LogP contribution in [0.5, 0.6) is 0 Å². The number of rotatable bonds is 6. The van der Waals surface area contributed by atoms with Gasteiger partial charge in [-0.25, -0.2) is 13.2 Å². The zero-order valence-electron chi connectivity index (χ0n) is 16.5. The highest BCUT2D eigenvalue weighted by molar-refractivity contribution is 7.89. The number of esters is 1. The first-order valence-electron chi connectivity index (χ1n) is 9.10. The summed E-state index contributed by atoms with van der Waals surface area (Å²) in [5.41, 5.74) is 5.07. The molecule has 0 saturated carbocycles. The number of halogens is 1. The third-order valence-electron chi connectivity index (χ3n) is 4.67. The second-order valence-electron chi connectivity index (χ2n) is 6.82. The zero-order valence-corrected chi connectivity index (χ0v) is 18.0. The number of hydrogen-bond acceptors (Lipinski definition) is 4. The number of H-pyrrole nitrogens is 1. The van der Waals surface area contributed by atoms with Gasteiger partial charge in [0.1, 0.15) is 5.69 Å². The van der Waals surface area contributed by atoms with Crippen molar-refractivity contribution in [1.82, 2.24) is 4.98 Å². The highest BCUT2D eigenvalue weighted by Crippen LogP contribution is 2.38. The minimum absolute atomic E-state index is 0.140. The van der Waals surface area contributed by atoms with Crippen LogP contribution in [-0.2, 0) is 26.7 Å². The summed E-state index contributed by atoms with van der Waals surface area (Å²) in [4.78, 5) is 15.7. The topological polar surface area (TPSA) is 76.2 Å². The van der Waals surface area contributed by atoms with Crippen LogP contribution < -0.4 is 0 Å². The maximum atomic E-state index is 12.5. The molecule has 0 unspecified atom stereocenters. The number of aromatic nitrogens is 1. The largest absolute Gasteiger partial charge is 0.464 e. The van der Waals surface area contributed by atoms with Gasteiger partial charge in [-0.3, -0.25) is 0 Å². The van der Waals surface area contributed by atoms with E-state index in [0.717, 1.165) is 22.4 Å². The maximum Gasteiger partial charge on any atom is 0.355 e. The molecule has 0 amide bonds. The highest BCUT2D eigenvalue weighted by Gasteiger charge is 2.24. The Labute approximate surface area is 175 Å². The molecule has 0 aliphatic heterocycles. The SMILES string of the molecule is CCc1c(-c2ccccc2)[nH]c(C(=O)OC)c1-c1ccc(CS(C)(=O)=O)c(Cl)c1. The Balaban J connectivity index is 2.21. The fourth-order valence-corrected chi connectivity index (χ4v) is 4.56. The molecule has 0 aliphatic rings. The summed E-state index contributed by atoms with van der Waals surface area (Å²) < 4.78 is 28.2. The summed E-state index contributed by atoms with van der Waals surface area (Å²) in [5.74, 6) is -0.618. The predicted octanol–water partition coefficient (Wildman–Crippen LogP) is 4.90. The molecule has 0 aliphatic carbocycles. The fraction of sp³-hybridized carbons (Fsp3) is 0.227. The minimum Gasteiger partial charge on any atom is -0.464 e. The Morgan fingerprint density at radius 1 is 1.10 bits per heavy atom. The van der Waals surface area contributed by atoms with Crippen molar-refractivity contribution in [3.8, 4) is 22.4 Å². The Bertz CT molecular complexity index is 1150. The number of ether oxygens (including phenoxy) is 1. The van der Waals surface area contributed by atoms with Crippen molar-refractivity contribution in [2.45, 2.75) is 19.1 Å². The molecule has 29 heavy (non-hydrogen) atoms. The molecular weight excluding hydrogens is 410 g/mol. The normalized spacial score (nSPS) is 11.4. The Kier molecular flexibility index (Phi) is 6.15. The molecule has 0 bridgehead atoms. The van der Waals surface area contributed by atoms with E-state index in [2.05, 4.69) is 4.98 Å². The monoisotopic (exact) mass is 431 g/mol. The van der Waals surface area contributed by atoms with Gasteiger partial charge in [0.15, 0.2) is 9.84 Å².